The summed E-state index contributed by atoms with van der Waals surface area (Å²) in [6.45, 7) is 0. The topological polar surface area (TPSA) is 76.4 Å². The maximum Gasteiger partial charge on any atom is 0.287 e. The summed E-state index contributed by atoms with van der Waals surface area (Å²) in [7, 11) is -3.51. The molecule has 1 N–H and O–H groups in total. The molecule has 140 valence electrons. The van der Waals surface area contributed by atoms with Crippen molar-refractivity contribution in [1.29, 1.82) is 0 Å². The number of carbonyl (C=O) groups is 1. The molecule has 0 spiro atoms. The van der Waals surface area contributed by atoms with Gasteiger partial charge in [0.1, 0.15) is 0 Å². The number of sulfone groups is 1. The smallest absolute Gasteiger partial charge is 0.287 e. The molecule has 0 aliphatic carbocycles. The molecule has 0 bridgehead atoms. The van der Waals surface area contributed by atoms with Gasteiger partial charge in [-0.2, -0.15) is 0 Å². The molecule has 0 radical (unpaired) electrons. The summed E-state index contributed by atoms with van der Waals surface area (Å²) >= 11 is 5.94. The minimum Gasteiger partial charge on any atom is -0.440 e. The molecule has 0 aliphatic heterocycles. The number of amides is 1. The second-order valence-electron chi connectivity index (χ2n) is 6.16. The van der Waals surface area contributed by atoms with Gasteiger partial charge in [0, 0.05) is 11.3 Å². The standard InChI is InChI=1S/C20H18ClNO4S/c1-27(24,25)19-12-11-18(26-19)20(23)22-17(15-5-3-2-4-6-15)13-14-7-9-16(21)10-8-14/h2-12,17H,13H2,1H3,(H,22,23). The quantitative estimate of drug-likeness (QED) is 0.673. The van der Waals surface area contributed by atoms with E-state index >= 15 is 0 Å². The number of benzene rings is 2. The number of rotatable bonds is 6. The Morgan fingerprint density at radius 1 is 1.04 bits per heavy atom. The van der Waals surface area contributed by atoms with Gasteiger partial charge in [0.15, 0.2) is 5.76 Å². The molecule has 1 amide bonds. The van der Waals surface area contributed by atoms with Crippen LogP contribution in [0.1, 0.15) is 27.7 Å². The van der Waals surface area contributed by atoms with Crippen molar-refractivity contribution in [3.05, 3.63) is 88.6 Å². The molecule has 0 aliphatic rings. The van der Waals surface area contributed by atoms with Crippen molar-refractivity contribution < 1.29 is 17.6 Å². The average Bonchev–Trinajstić information content (AvgIpc) is 3.14. The zero-order valence-electron chi connectivity index (χ0n) is 14.6. The van der Waals surface area contributed by atoms with Gasteiger partial charge in [-0.25, -0.2) is 8.42 Å². The van der Waals surface area contributed by atoms with Crippen LogP contribution in [0.2, 0.25) is 5.02 Å². The molecule has 3 aromatic rings. The van der Waals surface area contributed by atoms with Crippen molar-refractivity contribution in [2.45, 2.75) is 17.6 Å². The number of hydrogen-bond acceptors (Lipinski definition) is 4. The van der Waals surface area contributed by atoms with E-state index in [1.54, 1.807) is 12.1 Å². The lowest BCUT2D eigenvalue weighted by atomic mass is 9.98. The van der Waals surface area contributed by atoms with Gasteiger partial charge < -0.3 is 9.73 Å². The van der Waals surface area contributed by atoms with E-state index in [1.807, 2.05) is 42.5 Å². The molecule has 7 heteroatoms. The Hall–Kier alpha value is -2.57. The molecule has 1 atom stereocenters. The Balaban J connectivity index is 1.83. The molecule has 1 aromatic heterocycles. The van der Waals surface area contributed by atoms with E-state index in [9.17, 15) is 13.2 Å². The van der Waals surface area contributed by atoms with Gasteiger partial charge in [0.2, 0.25) is 14.9 Å². The predicted octanol–water partition coefficient (Wildman–Crippen LogP) is 4.05. The summed E-state index contributed by atoms with van der Waals surface area (Å²) in [5.74, 6) is -0.528. The third-order valence-electron chi connectivity index (χ3n) is 4.03. The number of furan rings is 1. The van der Waals surface area contributed by atoms with E-state index in [4.69, 9.17) is 16.0 Å². The van der Waals surface area contributed by atoms with Crippen LogP contribution in [0.3, 0.4) is 0 Å². The molecule has 0 fully saturated rings. The molecule has 3 rings (SSSR count). The Labute approximate surface area is 162 Å². The molecule has 1 unspecified atom stereocenters. The minimum atomic E-state index is -3.51. The molecule has 27 heavy (non-hydrogen) atoms. The van der Waals surface area contributed by atoms with Crippen molar-refractivity contribution in [2.75, 3.05) is 6.26 Å². The lowest BCUT2D eigenvalue weighted by Crippen LogP contribution is -2.29. The van der Waals surface area contributed by atoms with Gasteiger partial charge in [-0.3, -0.25) is 4.79 Å². The number of nitrogens with one attached hydrogen (secondary N) is 1. The zero-order chi connectivity index (χ0) is 19.4. The molecular weight excluding hydrogens is 386 g/mol. The molecule has 1 heterocycles. The van der Waals surface area contributed by atoms with Gasteiger partial charge >= 0.3 is 0 Å². The third-order valence-corrected chi connectivity index (χ3v) is 5.23. The average molecular weight is 404 g/mol. The van der Waals surface area contributed by atoms with Crippen LogP contribution in [-0.4, -0.2) is 20.6 Å². The number of halogens is 1. The first-order valence-electron chi connectivity index (χ1n) is 8.23. The first kappa shape index (κ1) is 19.2. The Morgan fingerprint density at radius 3 is 2.30 bits per heavy atom. The molecule has 2 aromatic carbocycles. The van der Waals surface area contributed by atoms with Crippen LogP contribution in [0.25, 0.3) is 0 Å². The van der Waals surface area contributed by atoms with Crippen LogP contribution in [0, 0.1) is 0 Å². The first-order valence-corrected chi connectivity index (χ1v) is 10.5. The normalized spacial score (nSPS) is 12.5. The highest BCUT2D eigenvalue weighted by Gasteiger charge is 2.21. The van der Waals surface area contributed by atoms with E-state index in [1.165, 1.54) is 12.1 Å². The van der Waals surface area contributed by atoms with Crippen LogP contribution < -0.4 is 5.32 Å². The van der Waals surface area contributed by atoms with E-state index < -0.39 is 15.7 Å². The second-order valence-corrected chi connectivity index (χ2v) is 8.54. The lowest BCUT2D eigenvalue weighted by molar-refractivity contribution is 0.0903. The van der Waals surface area contributed by atoms with Crippen molar-refractivity contribution in [3.63, 3.8) is 0 Å². The molecular formula is C20H18ClNO4S. The van der Waals surface area contributed by atoms with Crippen LogP contribution in [-0.2, 0) is 16.3 Å². The number of hydrogen-bond donors (Lipinski definition) is 1. The van der Waals surface area contributed by atoms with Crippen molar-refractivity contribution >= 4 is 27.3 Å². The third kappa shape index (κ3) is 4.99. The van der Waals surface area contributed by atoms with Gasteiger partial charge in [0.05, 0.1) is 6.04 Å². The SMILES string of the molecule is CS(=O)(=O)c1ccc(C(=O)NC(Cc2ccc(Cl)cc2)c2ccccc2)o1. The summed E-state index contributed by atoms with van der Waals surface area (Å²) in [5, 5.41) is 3.32. The van der Waals surface area contributed by atoms with Crippen LogP contribution >= 0.6 is 11.6 Å². The fourth-order valence-electron chi connectivity index (χ4n) is 2.66. The van der Waals surface area contributed by atoms with E-state index in [0.29, 0.717) is 11.4 Å². The lowest BCUT2D eigenvalue weighted by Gasteiger charge is -2.19. The Kier molecular flexibility index (Phi) is 5.68. The monoisotopic (exact) mass is 403 g/mol. The van der Waals surface area contributed by atoms with Crippen molar-refractivity contribution in [3.8, 4) is 0 Å². The summed E-state index contributed by atoms with van der Waals surface area (Å²) in [6.07, 6.45) is 1.58. The van der Waals surface area contributed by atoms with E-state index in [2.05, 4.69) is 5.32 Å². The largest absolute Gasteiger partial charge is 0.440 e. The van der Waals surface area contributed by atoms with Crippen LogP contribution in [0.15, 0.2) is 76.2 Å². The molecule has 0 saturated carbocycles. The summed E-state index contributed by atoms with van der Waals surface area (Å²) in [5.41, 5.74) is 1.93. The zero-order valence-corrected chi connectivity index (χ0v) is 16.1. The van der Waals surface area contributed by atoms with Gasteiger partial charge in [-0.1, -0.05) is 54.1 Å². The summed E-state index contributed by atoms with van der Waals surface area (Å²) < 4.78 is 28.3. The summed E-state index contributed by atoms with van der Waals surface area (Å²) in [4.78, 5) is 12.6. The maximum atomic E-state index is 12.6. The Bertz CT molecular complexity index is 1030. The van der Waals surface area contributed by atoms with E-state index in [-0.39, 0.29) is 16.9 Å². The van der Waals surface area contributed by atoms with Gasteiger partial charge in [-0.15, -0.1) is 0 Å². The predicted molar refractivity (Wildman–Crippen MR) is 104 cm³/mol. The van der Waals surface area contributed by atoms with Gasteiger partial charge in [0.25, 0.3) is 5.91 Å². The van der Waals surface area contributed by atoms with Gasteiger partial charge in [-0.05, 0) is 41.8 Å². The minimum absolute atomic E-state index is 0.0486. The molecule has 0 saturated heterocycles. The van der Waals surface area contributed by atoms with Crippen molar-refractivity contribution in [1.82, 2.24) is 5.32 Å². The fraction of sp³-hybridized carbons (Fsp3) is 0.150. The summed E-state index contributed by atoms with van der Waals surface area (Å²) in [6, 6.07) is 19.3. The molecule has 5 nitrogen and oxygen atoms in total. The van der Waals surface area contributed by atoms with E-state index in [0.717, 1.165) is 17.4 Å². The van der Waals surface area contributed by atoms with Crippen LogP contribution in [0.4, 0.5) is 0 Å². The highest BCUT2D eigenvalue weighted by atomic mass is 35.5. The second kappa shape index (κ2) is 7.98. The number of carbonyl (C=O) groups excluding carboxylic acids is 1. The van der Waals surface area contributed by atoms with Crippen LogP contribution in [0.5, 0.6) is 0 Å². The highest BCUT2D eigenvalue weighted by Crippen LogP contribution is 2.21. The van der Waals surface area contributed by atoms with Crippen molar-refractivity contribution in [2.24, 2.45) is 0 Å². The highest BCUT2D eigenvalue weighted by molar-refractivity contribution is 7.90. The Morgan fingerprint density at radius 2 is 1.70 bits per heavy atom. The maximum absolute atomic E-state index is 12.6. The first-order chi connectivity index (χ1) is 12.8. The fourth-order valence-corrected chi connectivity index (χ4v) is 3.35.